The van der Waals surface area contributed by atoms with Crippen molar-refractivity contribution >= 4 is 5.91 Å². The highest BCUT2D eigenvalue weighted by Gasteiger charge is 2.25. The molecule has 1 aliphatic rings. The van der Waals surface area contributed by atoms with Crippen LogP contribution in [0.3, 0.4) is 0 Å². The number of likely N-dealkylation sites (tertiary alicyclic amines) is 1. The SMILES string of the molecule is CC1CC(C)CN(C(=O)CN(C)CCc2ccncc2)C1. The van der Waals surface area contributed by atoms with Crippen LogP contribution in [0.15, 0.2) is 24.5 Å². The number of aromatic nitrogens is 1. The molecule has 2 rings (SSSR count). The molecule has 0 saturated carbocycles. The Balaban J connectivity index is 1.76. The van der Waals surface area contributed by atoms with E-state index in [1.165, 1.54) is 12.0 Å². The van der Waals surface area contributed by atoms with E-state index in [-0.39, 0.29) is 5.91 Å². The highest BCUT2D eigenvalue weighted by atomic mass is 16.2. The van der Waals surface area contributed by atoms with Gasteiger partial charge in [-0.25, -0.2) is 0 Å². The molecule has 1 saturated heterocycles. The zero-order valence-electron chi connectivity index (χ0n) is 13.5. The number of nitrogens with zero attached hydrogens (tertiary/aromatic N) is 3. The molecule has 1 aliphatic heterocycles. The van der Waals surface area contributed by atoms with Crippen LogP contribution in [0.2, 0.25) is 0 Å². The molecule has 1 fully saturated rings. The largest absolute Gasteiger partial charge is 0.341 e. The maximum Gasteiger partial charge on any atom is 0.236 e. The summed E-state index contributed by atoms with van der Waals surface area (Å²) in [5.74, 6) is 1.52. The first-order valence-electron chi connectivity index (χ1n) is 7.90. The van der Waals surface area contributed by atoms with Crippen LogP contribution in [0.5, 0.6) is 0 Å². The van der Waals surface area contributed by atoms with Crippen molar-refractivity contribution in [2.24, 2.45) is 11.8 Å². The average molecular weight is 289 g/mol. The van der Waals surface area contributed by atoms with Crippen molar-refractivity contribution in [1.82, 2.24) is 14.8 Å². The molecule has 0 spiro atoms. The average Bonchev–Trinajstić information content (AvgIpc) is 2.45. The maximum absolute atomic E-state index is 12.4. The monoisotopic (exact) mass is 289 g/mol. The van der Waals surface area contributed by atoms with E-state index in [0.29, 0.717) is 18.4 Å². The number of rotatable bonds is 5. The number of pyridine rings is 1. The molecule has 0 bridgehead atoms. The van der Waals surface area contributed by atoms with Gasteiger partial charge >= 0.3 is 0 Å². The number of hydrogen-bond acceptors (Lipinski definition) is 3. The standard InChI is InChI=1S/C17H27N3O/c1-14-10-15(2)12-20(11-14)17(21)13-19(3)9-6-16-4-7-18-8-5-16/h4-5,7-8,14-15H,6,9-13H2,1-3H3. The minimum atomic E-state index is 0.269. The Hall–Kier alpha value is -1.42. The van der Waals surface area contributed by atoms with Crippen molar-refractivity contribution < 1.29 is 4.79 Å². The molecule has 4 heteroatoms. The van der Waals surface area contributed by atoms with Gasteiger partial charge in [-0.1, -0.05) is 13.8 Å². The highest BCUT2D eigenvalue weighted by Crippen LogP contribution is 2.20. The molecule has 2 atom stereocenters. The lowest BCUT2D eigenvalue weighted by Crippen LogP contribution is -2.46. The fraction of sp³-hybridized carbons (Fsp3) is 0.647. The van der Waals surface area contributed by atoms with E-state index >= 15 is 0 Å². The maximum atomic E-state index is 12.4. The smallest absolute Gasteiger partial charge is 0.236 e. The van der Waals surface area contributed by atoms with Gasteiger partial charge in [-0.3, -0.25) is 14.7 Å². The quantitative estimate of drug-likeness (QED) is 0.832. The van der Waals surface area contributed by atoms with Crippen molar-refractivity contribution in [1.29, 1.82) is 0 Å². The first-order valence-corrected chi connectivity index (χ1v) is 7.90. The predicted molar refractivity (Wildman–Crippen MR) is 85.0 cm³/mol. The molecule has 0 aromatic carbocycles. The van der Waals surface area contributed by atoms with Gasteiger partial charge in [0.15, 0.2) is 0 Å². The summed E-state index contributed by atoms with van der Waals surface area (Å²) in [5.41, 5.74) is 1.27. The first kappa shape index (κ1) is 16.0. The van der Waals surface area contributed by atoms with Crippen molar-refractivity contribution in [2.45, 2.75) is 26.7 Å². The first-order chi connectivity index (χ1) is 10.0. The zero-order valence-corrected chi connectivity index (χ0v) is 13.5. The van der Waals surface area contributed by atoms with Crippen molar-refractivity contribution in [3.63, 3.8) is 0 Å². The molecule has 0 aliphatic carbocycles. The lowest BCUT2D eigenvalue weighted by molar-refractivity contribution is -0.134. The minimum Gasteiger partial charge on any atom is -0.341 e. The Kier molecular flexibility index (Phi) is 5.74. The number of piperidine rings is 1. The fourth-order valence-electron chi connectivity index (χ4n) is 3.15. The molecule has 0 radical (unpaired) electrons. The van der Waals surface area contributed by atoms with Crippen molar-refractivity contribution in [2.75, 3.05) is 33.2 Å². The van der Waals surface area contributed by atoms with Gasteiger partial charge in [0, 0.05) is 32.0 Å². The molecule has 1 aromatic rings. The van der Waals surface area contributed by atoms with Crippen LogP contribution in [0.1, 0.15) is 25.8 Å². The highest BCUT2D eigenvalue weighted by molar-refractivity contribution is 5.78. The molecule has 21 heavy (non-hydrogen) atoms. The summed E-state index contributed by atoms with van der Waals surface area (Å²) in [6.07, 6.45) is 5.83. The van der Waals surface area contributed by atoms with Crippen LogP contribution >= 0.6 is 0 Å². The topological polar surface area (TPSA) is 36.4 Å². The van der Waals surface area contributed by atoms with Crippen molar-refractivity contribution in [3.05, 3.63) is 30.1 Å². The van der Waals surface area contributed by atoms with E-state index in [0.717, 1.165) is 26.1 Å². The number of likely N-dealkylation sites (N-methyl/N-ethyl adjacent to an activating group) is 1. The van der Waals surface area contributed by atoms with Crippen LogP contribution in [-0.2, 0) is 11.2 Å². The van der Waals surface area contributed by atoms with E-state index in [9.17, 15) is 4.79 Å². The summed E-state index contributed by atoms with van der Waals surface area (Å²) in [5, 5.41) is 0. The Bertz CT molecular complexity index is 439. The number of hydrogen-bond donors (Lipinski definition) is 0. The van der Waals surface area contributed by atoms with E-state index in [1.807, 2.05) is 36.5 Å². The third kappa shape index (κ3) is 5.12. The van der Waals surface area contributed by atoms with Gasteiger partial charge in [-0.15, -0.1) is 0 Å². The fourth-order valence-corrected chi connectivity index (χ4v) is 3.15. The molecular weight excluding hydrogens is 262 g/mol. The van der Waals surface area contributed by atoms with Gasteiger partial charge in [0.05, 0.1) is 6.54 Å². The summed E-state index contributed by atoms with van der Waals surface area (Å²) >= 11 is 0. The Morgan fingerprint density at radius 1 is 1.29 bits per heavy atom. The van der Waals surface area contributed by atoms with Crippen LogP contribution in [0.25, 0.3) is 0 Å². The summed E-state index contributed by atoms with van der Waals surface area (Å²) in [6.45, 7) is 7.73. The van der Waals surface area contributed by atoms with Crippen LogP contribution in [0.4, 0.5) is 0 Å². The van der Waals surface area contributed by atoms with E-state index in [2.05, 4.69) is 23.7 Å². The molecule has 2 heterocycles. The molecule has 1 aromatic heterocycles. The van der Waals surface area contributed by atoms with Gasteiger partial charge in [-0.05, 0) is 49.4 Å². The Morgan fingerprint density at radius 3 is 2.52 bits per heavy atom. The van der Waals surface area contributed by atoms with E-state index in [1.54, 1.807) is 0 Å². The number of carbonyl (C=O) groups excluding carboxylic acids is 1. The molecule has 0 N–H and O–H groups in total. The lowest BCUT2D eigenvalue weighted by atomic mass is 9.92. The minimum absolute atomic E-state index is 0.269. The van der Waals surface area contributed by atoms with E-state index in [4.69, 9.17) is 0 Å². The van der Waals surface area contributed by atoms with Gasteiger partial charge in [0.25, 0.3) is 0 Å². The van der Waals surface area contributed by atoms with Crippen molar-refractivity contribution in [3.8, 4) is 0 Å². The Morgan fingerprint density at radius 2 is 1.90 bits per heavy atom. The second-order valence-corrected chi connectivity index (χ2v) is 6.59. The van der Waals surface area contributed by atoms with Crippen LogP contribution in [0, 0.1) is 11.8 Å². The summed E-state index contributed by atoms with van der Waals surface area (Å²) < 4.78 is 0. The molecule has 1 amide bonds. The van der Waals surface area contributed by atoms with Gasteiger partial charge in [0.2, 0.25) is 5.91 Å². The Labute approximate surface area is 128 Å². The molecular formula is C17H27N3O. The van der Waals surface area contributed by atoms with Crippen LogP contribution < -0.4 is 0 Å². The molecule has 2 unspecified atom stereocenters. The lowest BCUT2D eigenvalue weighted by Gasteiger charge is -2.35. The second kappa shape index (κ2) is 7.55. The van der Waals surface area contributed by atoms with Gasteiger partial charge in [0.1, 0.15) is 0 Å². The third-order valence-corrected chi connectivity index (χ3v) is 4.16. The summed E-state index contributed by atoms with van der Waals surface area (Å²) in [7, 11) is 2.02. The second-order valence-electron chi connectivity index (χ2n) is 6.59. The van der Waals surface area contributed by atoms with Crippen LogP contribution in [-0.4, -0.2) is 53.9 Å². The van der Waals surface area contributed by atoms with Gasteiger partial charge in [-0.2, -0.15) is 0 Å². The predicted octanol–water partition coefficient (Wildman–Crippen LogP) is 2.06. The third-order valence-electron chi connectivity index (χ3n) is 4.16. The number of carbonyl (C=O) groups is 1. The van der Waals surface area contributed by atoms with E-state index < -0.39 is 0 Å². The summed E-state index contributed by atoms with van der Waals surface area (Å²) in [6, 6.07) is 4.06. The van der Waals surface area contributed by atoms with Gasteiger partial charge < -0.3 is 4.90 Å². The zero-order chi connectivity index (χ0) is 15.2. The molecule has 116 valence electrons. The summed E-state index contributed by atoms with van der Waals surface area (Å²) in [4.78, 5) is 20.6. The number of amides is 1. The molecule has 4 nitrogen and oxygen atoms in total. The normalized spacial score (nSPS) is 22.6.